The molecule has 0 fully saturated rings. The molecule has 0 aliphatic heterocycles. The Morgan fingerprint density at radius 2 is 1.03 bits per heavy atom. The van der Waals surface area contributed by atoms with Gasteiger partial charge in [-0.25, -0.2) is 0 Å². The van der Waals surface area contributed by atoms with Crippen molar-refractivity contribution >= 4 is 0 Å². The molecule has 3 heteroatoms. The third kappa shape index (κ3) is 5.51. The smallest absolute Gasteiger partial charge is 0.121 e. The van der Waals surface area contributed by atoms with Crippen molar-refractivity contribution < 1.29 is 15.3 Å². The first-order valence-corrected chi connectivity index (χ1v) is 14.0. The molecular weight excluding hydrogens is 456 g/mol. The van der Waals surface area contributed by atoms with E-state index in [-0.39, 0.29) is 5.75 Å². The van der Waals surface area contributed by atoms with Crippen molar-refractivity contribution in [2.75, 3.05) is 0 Å². The average Bonchev–Trinajstić information content (AvgIpc) is 2.88. The quantitative estimate of drug-likeness (QED) is 0.181. The van der Waals surface area contributed by atoms with Crippen molar-refractivity contribution in [3.63, 3.8) is 0 Å². The maximum Gasteiger partial charge on any atom is 0.121 e. The van der Waals surface area contributed by atoms with Gasteiger partial charge < -0.3 is 15.3 Å². The van der Waals surface area contributed by atoms with Gasteiger partial charge in [0.25, 0.3) is 0 Å². The zero-order valence-electron chi connectivity index (χ0n) is 24.0. The van der Waals surface area contributed by atoms with Crippen LogP contribution < -0.4 is 0 Å². The number of aryl methyl sites for hydroxylation is 2. The Morgan fingerprint density at radius 3 is 1.51 bits per heavy atom. The zero-order valence-corrected chi connectivity index (χ0v) is 24.0. The van der Waals surface area contributed by atoms with Crippen molar-refractivity contribution in [3.05, 3.63) is 86.5 Å². The molecule has 3 N–H and O–H groups in total. The first kappa shape index (κ1) is 28.6. The molecule has 0 radical (unpaired) electrons. The second kappa shape index (κ2) is 12.1. The van der Waals surface area contributed by atoms with Crippen molar-refractivity contribution in [1.82, 2.24) is 0 Å². The highest BCUT2D eigenvalue weighted by Gasteiger charge is 2.41. The minimum atomic E-state index is -0.630. The van der Waals surface area contributed by atoms with Gasteiger partial charge in [-0.15, -0.1) is 0 Å². The molecule has 37 heavy (non-hydrogen) atoms. The molecule has 0 aromatic heterocycles. The number of rotatable bonds is 11. The van der Waals surface area contributed by atoms with Gasteiger partial charge in [-0.3, -0.25) is 0 Å². The minimum absolute atomic E-state index is 0.274. The van der Waals surface area contributed by atoms with Crippen molar-refractivity contribution in [2.45, 2.75) is 105 Å². The van der Waals surface area contributed by atoms with E-state index >= 15 is 0 Å². The Morgan fingerprint density at radius 1 is 0.568 bits per heavy atom. The van der Waals surface area contributed by atoms with E-state index < -0.39 is 5.41 Å². The zero-order chi connectivity index (χ0) is 27.3. The Kier molecular flexibility index (Phi) is 9.34. The highest BCUT2D eigenvalue weighted by Crippen LogP contribution is 2.51. The molecule has 0 heterocycles. The van der Waals surface area contributed by atoms with E-state index in [1.165, 1.54) is 32.1 Å². The lowest BCUT2D eigenvalue weighted by Crippen LogP contribution is -2.32. The van der Waals surface area contributed by atoms with E-state index in [1.807, 2.05) is 45.9 Å². The van der Waals surface area contributed by atoms with Gasteiger partial charge in [0, 0.05) is 11.0 Å². The summed E-state index contributed by atoms with van der Waals surface area (Å²) in [6, 6.07) is 11.9. The van der Waals surface area contributed by atoms with Gasteiger partial charge in [0.2, 0.25) is 0 Å². The normalized spacial score (nSPS) is 11.8. The van der Waals surface area contributed by atoms with Crippen LogP contribution in [-0.4, -0.2) is 15.3 Å². The average molecular weight is 503 g/mol. The van der Waals surface area contributed by atoms with Gasteiger partial charge in [-0.2, -0.15) is 0 Å². The number of unbranched alkanes of at least 4 members (excludes halogenated alkanes) is 6. The molecule has 0 spiro atoms. The molecule has 0 saturated carbocycles. The van der Waals surface area contributed by atoms with E-state index in [0.717, 1.165) is 69.3 Å². The van der Waals surface area contributed by atoms with Crippen LogP contribution in [0.25, 0.3) is 0 Å². The minimum Gasteiger partial charge on any atom is -0.508 e. The van der Waals surface area contributed by atoms with Crippen LogP contribution in [0.1, 0.15) is 108 Å². The molecule has 0 bridgehead atoms. The van der Waals surface area contributed by atoms with E-state index in [4.69, 9.17) is 0 Å². The van der Waals surface area contributed by atoms with Gasteiger partial charge in [0.15, 0.2) is 0 Å². The molecule has 3 nitrogen and oxygen atoms in total. The van der Waals surface area contributed by atoms with Crippen molar-refractivity contribution in [2.24, 2.45) is 0 Å². The molecule has 0 unspecified atom stereocenters. The molecule has 0 aliphatic rings. The molecular formula is C34H46O3. The van der Waals surface area contributed by atoms with Crippen LogP contribution in [0, 0.1) is 41.5 Å². The summed E-state index contributed by atoms with van der Waals surface area (Å²) in [6.07, 6.45) is 9.24. The van der Waals surface area contributed by atoms with Gasteiger partial charge in [0.05, 0.1) is 0 Å². The molecule has 0 saturated heterocycles. The lowest BCUT2D eigenvalue weighted by atomic mass is 9.62. The number of phenolic OH excluding ortho intramolecular Hbond substituents is 3. The number of hydrogen-bond donors (Lipinski definition) is 3. The maximum absolute atomic E-state index is 11.3. The first-order valence-electron chi connectivity index (χ1n) is 14.0. The number of para-hydroxylation sites is 1. The fourth-order valence-corrected chi connectivity index (χ4v) is 6.04. The second-order valence-corrected chi connectivity index (χ2v) is 11.0. The summed E-state index contributed by atoms with van der Waals surface area (Å²) in [4.78, 5) is 0. The number of aromatic hydroxyl groups is 3. The number of hydrogen-bond acceptors (Lipinski definition) is 3. The fourth-order valence-electron chi connectivity index (χ4n) is 6.04. The Balaban J connectivity index is 2.33. The number of benzene rings is 3. The van der Waals surface area contributed by atoms with Crippen LogP contribution >= 0.6 is 0 Å². The third-order valence-corrected chi connectivity index (χ3v) is 8.55. The lowest BCUT2D eigenvalue weighted by Gasteiger charge is -2.40. The maximum atomic E-state index is 11.3. The Labute approximate surface area is 224 Å². The first-order chi connectivity index (χ1) is 17.6. The molecule has 3 rings (SSSR count). The van der Waals surface area contributed by atoms with E-state index in [9.17, 15) is 15.3 Å². The largest absolute Gasteiger partial charge is 0.508 e. The topological polar surface area (TPSA) is 60.7 Å². The van der Waals surface area contributed by atoms with Crippen LogP contribution in [0.2, 0.25) is 0 Å². The molecule has 3 aromatic rings. The summed E-state index contributed by atoms with van der Waals surface area (Å²) in [5, 5.41) is 32.9. The summed E-state index contributed by atoms with van der Waals surface area (Å²) in [5.74, 6) is 0.937. The second-order valence-electron chi connectivity index (χ2n) is 11.0. The monoisotopic (exact) mass is 502 g/mol. The summed E-state index contributed by atoms with van der Waals surface area (Å²) in [5.41, 5.74) is 7.97. The number of phenols is 3. The lowest BCUT2D eigenvalue weighted by molar-refractivity contribution is 0.431. The summed E-state index contributed by atoms with van der Waals surface area (Å²) < 4.78 is 0. The van der Waals surface area contributed by atoms with Gasteiger partial charge in [0.1, 0.15) is 17.2 Å². The van der Waals surface area contributed by atoms with Crippen LogP contribution in [0.3, 0.4) is 0 Å². The highest BCUT2D eigenvalue weighted by molar-refractivity contribution is 5.64. The predicted molar refractivity (Wildman–Crippen MR) is 155 cm³/mol. The van der Waals surface area contributed by atoms with Gasteiger partial charge >= 0.3 is 0 Å². The van der Waals surface area contributed by atoms with Gasteiger partial charge in [-0.1, -0.05) is 82.2 Å². The SMILES string of the molecule is CCCCCCCCCC(c1ccccc1O)(c1cc(C)c(O)c(C)c1C)c1cc(C)c(O)c(C)c1C. The molecule has 3 aromatic carbocycles. The van der Waals surface area contributed by atoms with E-state index in [0.29, 0.717) is 11.5 Å². The third-order valence-electron chi connectivity index (χ3n) is 8.55. The molecule has 200 valence electrons. The van der Waals surface area contributed by atoms with Crippen LogP contribution in [0.4, 0.5) is 0 Å². The highest BCUT2D eigenvalue weighted by atomic mass is 16.3. The summed E-state index contributed by atoms with van der Waals surface area (Å²) in [7, 11) is 0. The van der Waals surface area contributed by atoms with Crippen LogP contribution in [-0.2, 0) is 5.41 Å². The van der Waals surface area contributed by atoms with Crippen molar-refractivity contribution in [1.29, 1.82) is 0 Å². The van der Waals surface area contributed by atoms with Gasteiger partial charge in [-0.05, 0) is 98.5 Å². The molecule has 0 amide bonds. The Hall–Kier alpha value is -2.94. The van der Waals surface area contributed by atoms with E-state index in [1.54, 1.807) is 6.07 Å². The molecule has 0 aliphatic carbocycles. The summed E-state index contributed by atoms with van der Waals surface area (Å²) in [6.45, 7) is 14.3. The van der Waals surface area contributed by atoms with Crippen molar-refractivity contribution in [3.8, 4) is 17.2 Å². The Bertz CT molecular complexity index is 1180. The van der Waals surface area contributed by atoms with Crippen LogP contribution in [0.15, 0.2) is 36.4 Å². The van der Waals surface area contributed by atoms with E-state index in [2.05, 4.69) is 32.9 Å². The molecule has 0 atom stereocenters. The fraction of sp³-hybridized carbons (Fsp3) is 0.471. The van der Waals surface area contributed by atoms with Crippen LogP contribution in [0.5, 0.6) is 17.2 Å². The standard InChI is InChI=1S/C34H46O3/c1-8-9-10-11-12-13-16-19-34(28-17-14-15-18-31(28)35,29-20-22(2)32(36)26(6)24(29)4)30-21-23(3)33(37)27(7)25(30)5/h14-15,17-18,20-21,35-37H,8-13,16,19H2,1-7H3. The predicted octanol–water partition coefficient (Wildman–Crippen LogP) is 9.13. The summed E-state index contributed by atoms with van der Waals surface area (Å²) >= 11 is 0.